The Morgan fingerprint density at radius 2 is 1.66 bits per heavy atom. The zero-order chi connectivity index (χ0) is 20.5. The number of benzene rings is 3. The summed E-state index contributed by atoms with van der Waals surface area (Å²) in [4.78, 5) is 13.2. The van der Waals surface area contributed by atoms with Crippen LogP contribution in [0.1, 0.15) is 11.1 Å². The van der Waals surface area contributed by atoms with E-state index >= 15 is 0 Å². The Morgan fingerprint density at radius 3 is 2.38 bits per heavy atom. The van der Waals surface area contributed by atoms with Gasteiger partial charge in [0.15, 0.2) is 5.76 Å². The molecule has 29 heavy (non-hydrogen) atoms. The summed E-state index contributed by atoms with van der Waals surface area (Å²) in [5.74, 6) is 0.486. The fourth-order valence-corrected chi connectivity index (χ4v) is 3.45. The van der Waals surface area contributed by atoms with Crippen molar-refractivity contribution in [3.8, 4) is 17.1 Å². The molecule has 0 N–H and O–H groups in total. The highest BCUT2D eigenvalue weighted by molar-refractivity contribution is 6.42. The lowest BCUT2D eigenvalue weighted by atomic mass is 10.1. The summed E-state index contributed by atoms with van der Waals surface area (Å²) in [7, 11) is 0. The minimum absolute atomic E-state index is 0.120. The Hall–Kier alpha value is -2.46. The van der Waals surface area contributed by atoms with Crippen molar-refractivity contribution in [2.45, 2.75) is 13.5 Å². The summed E-state index contributed by atoms with van der Waals surface area (Å²) in [6.45, 7) is 2.12. The topological polar surface area (TPSA) is 39.4 Å². The number of rotatable bonds is 4. The first-order chi connectivity index (χ1) is 13.9. The van der Waals surface area contributed by atoms with Crippen LogP contribution in [-0.2, 0) is 6.61 Å². The van der Waals surface area contributed by atoms with Crippen LogP contribution in [0.3, 0.4) is 0 Å². The van der Waals surface area contributed by atoms with E-state index in [0.717, 1.165) is 16.7 Å². The Morgan fingerprint density at radius 1 is 0.897 bits per heavy atom. The van der Waals surface area contributed by atoms with E-state index in [4.69, 9.17) is 44.0 Å². The highest BCUT2D eigenvalue weighted by Gasteiger charge is 2.18. The second-order valence-electron chi connectivity index (χ2n) is 6.63. The standard InChI is InChI=1S/C23H15Cl3O3/c1-13-2-5-15(6-3-13)22-23(28-12-14-4-8-18(25)19(26)10-14)21(27)17-11-16(24)7-9-20(17)29-22/h2-11H,12H2,1H3. The van der Waals surface area contributed by atoms with E-state index in [1.165, 1.54) is 0 Å². The monoisotopic (exact) mass is 444 g/mol. The highest BCUT2D eigenvalue weighted by atomic mass is 35.5. The molecule has 0 saturated heterocycles. The minimum atomic E-state index is -0.288. The molecule has 0 aliphatic heterocycles. The average molecular weight is 446 g/mol. The molecule has 4 rings (SSSR count). The number of hydrogen-bond donors (Lipinski definition) is 0. The maximum Gasteiger partial charge on any atom is 0.235 e. The third-order valence-corrected chi connectivity index (χ3v) is 5.47. The van der Waals surface area contributed by atoms with E-state index in [0.29, 0.717) is 31.8 Å². The van der Waals surface area contributed by atoms with Crippen molar-refractivity contribution in [2.24, 2.45) is 0 Å². The predicted octanol–water partition coefficient (Wildman–Crippen LogP) is 7.31. The van der Waals surface area contributed by atoms with Gasteiger partial charge >= 0.3 is 0 Å². The van der Waals surface area contributed by atoms with Crippen LogP contribution in [0, 0.1) is 6.92 Å². The van der Waals surface area contributed by atoms with Crippen LogP contribution in [0.4, 0.5) is 0 Å². The molecule has 1 heterocycles. The summed E-state index contributed by atoms with van der Waals surface area (Å²) in [5, 5.41) is 1.68. The third kappa shape index (κ3) is 4.13. The quantitative estimate of drug-likeness (QED) is 0.330. The van der Waals surface area contributed by atoms with Crippen molar-refractivity contribution in [1.29, 1.82) is 0 Å². The van der Waals surface area contributed by atoms with Crippen molar-refractivity contribution >= 4 is 45.8 Å². The molecule has 0 aliphatic carbocycles. The molecular formula is C23H15Cl3O3. The first-order valence-corrected chi connectivity index (χ1v) is 9.96. The Bertz CT molecular complexity index is 1260. The smallest absolute Gasteiger partial charge is 0.235 e. The van der Waals surface area contributed by atoms with Gasteiger partial charge in [-0.25, -0.2) is 0 Å². The van der Waals surface area contributed by atoms with Gasteiger partial charge in [0.2, 0.25) is 11.2 Å². The summed E-state index contributed by atoms with van der Waals surface area (Å²) in [6.07, 6.45) is 0. The van der Waals surface area contributed by atoms with Crippen molar-refractivity contribution in [3.05, 3.63) is 97.1 Å². The van der Waals surface area contributed by atoms with Gasteiger partial charge in [0.25, 0.3) is 0 Å². The molecule has 146 valence electrons. The molecule has 0 radical (unpaired) electrons. The summed E-state index contributed by atoms with van der Waals surface area (Å²) < 4.78 is 12.0. The average Bonchev–Trinajstić information content (AvgIpc) is 2.71. The van der Waals surface area contributed by atoms with Crippen molar-refractivity contribution in [1.82, 2.24) is 0 Å². The van der Waals surface area contributed by atoms with Crippen LogP contribution in [0.2, 0.25) is 15.1 Å². The van der Waals surface area contributed by atoms with Crippen LogP contribution in [-0.4, -0.2) is 0 Å². The molecule has 3 aromatic carbocycles. The number of fused-ring (bicyclic) bond motifs is 1. The number of ether oxygens (including phenoxy) is 1. The van der Waals surface area contributed by atoms with Gasteiger partial charge in [0.1, 0.15) is 12.2 Å². The van der Waals surface area contributed by atoms with Crippen LogP contribution < -0.4 is 10.2 Å². The van der Waals surface area contributed by atoms with E-state index in [-0.39, 0.29) is 17.8 Å². The van der Waals surface area contributed by atoms with Gasteiger partial charge < -0.3 is 9.15 Å². The second kappa shape index (κ2) is 8.11. The molecule has 6 heteroatoms. The molecule has 0 spiro atoms. The van der Waals surface area contributed by atoms with Crippen LogP contribution in [0.5, 0.6) is 5.75 Å². The lowest BCUT2D eigenvalue weighted by Gasteiger charge is -2.12. The highest BCUT2D eigenvalue weighted by Crippen LogP contribution is 2.32. The van der Waals surface area contributed by atoms with Crippen molar-refractivity contribution < 1.29 is 9.15 Å². The van der Waals surface area contributed by atoms with Gasteiger partial charge in [-0.15, -0.1) is 0 Å². The van der Waals surface area contributed by atoms with Gasteiger partial charge in [-0.05, 0) is 42.8 Å². The second-order valence-corrected chi connectivity index (χ2v) is 7.88. The predicted molar refractivity (Wildman–Crippen MR) is 118 cm³/mol. The van der Waals surface area contributed by atoms with Crippen molar-refractivity contribution in [3.63, 3.8) is 0 Å². The van der Waals surface area contributed by atoms with Gasteiger partial charge in [0.05, 0.1) is 15.4 Å². The van der Waals surface area contributed by atoms with E-state index < -0.39 is 0 Å². The van der Waals surface area contributed by atoms with Gasteiger partial charge in [-0.3, -0.25) is 4.79 Å². The Kier molecular flexibility index (Phi) is 5.55. The summed E-state index contributed by atoms with van der Waals surface area (Å²) >= 11 is 18.1. The molecule has 4 aromatic rings. The molecule has 3 nitrogen and oxygen atoms in total. The van der Waals surface area contributed by atoms with Gasteiger partial charge in [-0.1, -0.05) is 70.7 Å². The van der Waals surface area contributed by atoms with E-state index in [9.17, 15) is 4.79 Å². The fraction of sp³-hybridized carbons (Fsp3) is 0.0870. The third-order valence-electron chi connectivity index (χ3n) is 4.49. The summed E-state index contributed by atoms with van der Waals surface area (Å²) in [5.41, 5.74) is 2.77. The maximum atomic E-state index is 13.2. The lowest BCUT2D eigenvalue weighted by Crippen LogP contribution is -2.10. The first-order valence-electron chi connectivity index (χ1n) is 8.82. The molecule has 0 saturated carbocycles. The molecule has 0 unspecified atom stereocenters. The lowest BCUT2D eigenvalue weighted by molar-refractivity contribution is 0.298. The normalized spacial score (nSPS) is 11.0. The van der Waals surface area contributed by atoms with E-state index in [2.05, 4.69) is 0 Å². The summed E-state index contributed by atoms with van der Waals surface area (Å²) in [6, 6.07) is 17.8. The molecule has 0 atom stereocenters. The Labute approximate surface area is 182 Å². The van der Waals surface area contributed by atoms with Crippen LogP contribution in [0.25, 0.3) is 22.3 Å². The fourth-order valence-electron chi connectivity index (χ4n) is 2.96. The number of hydrogen-bond acceptors (Lipinski definition) is 3. The van der Waals surface area contributed by atoms with Gasteiger partial charge in [-0.2, -0.15) is 0 Å². The zero-order valence-corrected chi connectivity index (χ0v) is 17.6. The number of aryl methyl sites for hydroxylation is 1. The minimum Gasteiger partial charge on any atom is -0.481 e. The number of halogens is 3. The van der Waals surface area contributed by atoms with E-state index in [1.807, 2.05) is 31.2 Å². The van der Waals surface area contributed by atoms with E-state index in [1.54, 1.807) is 36.4 Å². The Balaban J connectivity index is 1.83. The molecule has 0 amide bonds. The molecular weight excluding hydrogens is 431 g/mol. The largest absolute Gasteiger partial charge is 0.481 e. The van der Waals surface area contributed by atoms with Crippen LogP contribution >= 0.6 is 34.8 Å². The molecule has 0 fully saturated rings. The first kappa shape index (κ1) is 19.8. The van der Waals surface area contributed by atoms with Gasteiger partial charge in [0, 0.05) is 10.6 Å². The molecule has 0 bridgehead atoms. The van der Waals surface area contributed by atoms with Crippen molar-refractivity contribution in [2.75, 3.05) is 0 Å². The maximum absolute atomic E-state index is 13.2. The molecule has 0 aliphatic rings. The SMILES string of the molecule is Cc1ccc(-c2oc3ccc(Cl)cc3c(=O)c2OCc2ccc(Cl)c(Cl)c2)cc1. The zero-order valence-electron chi connectivity index (χ0n) is 15.3. The molecule has 1 aromatic heterocycles. The van der Waals surface area contributed by atoms with Crippen LogP contribution in [0.15, 0.2) is 69.9 Å².